The first-order valence-electron chi connectivity index (χ1n) is 12.5. The zero-order chi connectivity index (χ0) is 30.9. The molecule has 1 aromatic heterocycles. The Bertz CT molecular complexity index is 1670. The highest BCUT2D eigenvalue weighted by molar-refractivity contribution is 7.84. The normalized spacial score (nSPS) is 13.7. The molecule has 0 radical (unpaired) electrons. The van der Waals surface area contributed by atoms with Gasteiger partial charge in [-0.2, -0.15) is 13.2 Å². The SMILES string of the molecule is Cc1nc(C(F)(F)F)cn1-c1ccc(-c2cc(F)c(CO)c(S(C)=O)c2)cc1N(N)/C(=C\N)C(C)c1ccc(Cl)cc1. The Hall–Kier alpha value is -3.71. The monoisotopic (exact) mass is 621 g/mol. The van der Waals surface area contributed by atoms with Gasteiger partial charge in [0, 0.05) is 40.1 Å². The fourth-order valence-corrected chi connectivity index (χ4v) is 5.56. The lowest BCUT2D eigenvalue weighted by Crippen LogP contribution is -2.34. The van der Waals surface area contributed by atoms with Gasteiger partial charge in [-0.15, -0.1) is 0 Å². The third kappa shape index (κ3) is 6.21. The summed E-state index contributed by atoms with van der Waals surface area (Å²) in [6, 6.07) is 14.4. The van der Waals surface area contributed by atoms with E-state index in [1.807, 2.05) is 6.92 Å². The van der Waals surface area contributed by atoms with Crippen molar-refractivity contribution in [3.05, 3.63) is 106 Å². The Morgan fingerprint density at radius 1 is 1.17 bits per heavy atom. The Labute approximate surface area is 247 Å². The van der Waals surface area contributed by atoms with Crippen molar-refractivity contribution in [1.29, 1.82) is 0 Å². The number of halogens is 5. The summed E-state index contributed by atoms with van der Waals surface area (Å²) in [5.74, 6) is 5.57. The molecule has 0 saturated heterocycles. The number of benzene rings is 3. The van der Waals surface area contributed by atoms with Gasteiger partial charge in [0.15, 0.2) is 5.69 Å². The van der Waals surface area contributed by atoms with Crippen LogP contribution in [-0.4, -0.2) is 25.1 Å². The number of hydrogen-bond donors (Lipinski definition) is 3. The Morgan fingerprint density at radius 3 is 2.38 bits per heavy atom. The average molecular weight is 622 g/mol. The van der Waals surface area contributed by atoms with Crippen molar-refractivity contribution >= 4 is 28.1 Å². The molecular weight excluding hydrogens is 594 g/mol. The number of rotatable bonds is 8. The van der Waals surface area contributed by atoms with Crippen LogP contribution in [0.25, 0.3) is 16.8 Å². The second kappa shape index (κ2) is 12.3. The first kappa shape index (κ1) is 31.2. The van der Waals surface area contributed by atoms with Crippen LogP contribution < -0.4 is 16.6 Å². The van der Waals surface area contributed by atoms with Gasteiger partial charge < -0.3 is 15.4 Å². The van der Waals surface area contributed by atoms with Crippen molar-refractivity contribution in [2.24, 2.45) is 11.6 Å². The Morgan fingerprint density at radius 2 is 1.83 bits per heavy atom. The minimum absolute atomic E-state index is 0.0516. The van der Waals surface area contributed by atoms with Gasteiger partial charge >= 0.3 is 6.18 Å². The quantitative estimate of drug-likeness (QED) is 0.123. The maximum Gasteiger partial charge on any atom is 0.434 e. The van der Waals surface area contributed by atoms with Crippen LogP contribution in [0.15, 0.2) is 77.6 Å². The lowest BCUT2D eigenvalue weighted by molar-refractivity contribution is -0.141. The summed E-state index contributed by atoms with van der Waals surface area (Å²) in [5.41, 5.74) is 7.29. The van der Waals surface area contributed by atoms with Crippen molar-refractivity contribution < 1.29 is 26.9 Å². The number of aromatic nitrogens is 2. The minimum Gasteiger partial charge on any atom is -0.403 e. The average Bonchev–Trinajstić information content (AvgIpc) is 3.34. The number of aryl methyl sites for hydroxylation is 1. The fourth-order valence-electron chi connectivity index (χ4n) is 4.64. The third-order valence-corrected chi connectivity index (χ3v) is 8.12. The van der Waals surface area contributed by atoms with E-state index in [4.69, 9.17) is 23.2 Å². The number of imidazole rings is 1. The largest absolute Gasteiger partial charge is 0.434 e. The zero-order valence-corrected chi connectivity index (χ0v) is 24.4. The summed E-state index contributed by atoms with van der Waals surface area (Å²) >= 11 is 6.04. The molecule has 13 heteroatoms. The van der Waals surface area contributed by atoms with Gasteiger partial charge in [0.05, 0.1) is 34.5 Å². The van der Waals surface area contributed by atoms with Gasteiger partial charge in [-0.1, -0.05) is 36.7 Å². The molecule has 4 rings (SSSR count). The van der Waals surface area contributed by atoms with Crippen molar-refractivity contribution in [1.82, 2.24) is 9.55 Å². The molecule has 5 N–H and O–H groups in total. The van der Waals surface area contributed by atoms with E-state index < -0.39 is 35.1 Å². The van der Waals surface area contributed by atoms with E-state index in [2.05, 4.69) is 4.98 Å². The minimum atomic E-state index is -4.68. The highest BCUT2D eigenvalue weighted by atomic mass is 35.5. The molecule has 7 nitrogen and oxygen atoms in total. The van der Waals surface area contributed by atoms with E-state index in [9.17, 15) is 26.9 Å². The highest BCUT2D eigenvalue weighted by Crippen LogP contribution is 2.38. The fraction of sp³-hybridized carbons (Fsp3) is 0.207. The predicted octanol–water partition coefficient (Wildman–Crippen LogP) is 6.17. The summed E-state index contributed by atoms with van der Waals surface area (Å²) in [6.45, 7) is 2.63. The molecule has 0 spiro atoms. The van der Waals surface area contributed by atoms with Crippen LogP contribution in [0, 0.1) is 12.7 Å². The summed E-state index contributed by atoms with van der Waals surface area (Å²) in [7, 11) is -1.62. The van der Waals surface area contributed by atoms with Crippen LogP contribution in [0.5, 0.6) is 0 Å². The molecule has 0 fully saturated rings. The van der Waals surface area contributed by atoms with Gasteiger partial charge in [0.2, 0.25) is 0 Å². The first-order chi connectivity index (χ1) is 19.8. The molecule has 2 unspecified atom stereocenters. The molecule has 3 aromatic carbocycles. The summed E-state index contributed by atoms with van der Waals surface area (Å²) < 4.78 is 69.1. The van der Waals surface area contributed by atoms with Crippen LogP contribution in [0.2, 0.25) is 5.02 Å². The summed E-state index contributed by atoms with van der Waals surface area (Å²) in [6.07, 6.45) is -1.15. The van der Waals surface area contributed by atoms with Crippen LogP contribution >= 0.6 is 11.6 Å². The van der Waals surface area contributed by atoms with Gasteiger partial charge in [0.1, 0.15) is 11.6 Å². The molecule has 2 atom stereocenters. The number of nitrogens with two attached hydrogens (primary N) is 2. The maximum absolute atomic E-state index is 14.9. The van der Waals surface area contributed by atoms with Crippen molar-refractivity contribution in [2.45, 2.75) is 37.4 Å². The first-order valence-corrected chi connectivity index (χ1v) is 14.5. The molecule has 42 heavy (non-hydrogen) atoms. The Kier molecular flexibility index (Phi) is 9.12. The number of hydrazine groups is 1. The van der Waals surface area contributed by atoms with Crippen LogP contribution in [0.3, 0.4) is 0 Å². The Balaban J connectivity index is 1.93. The molecule has 0 amide bonds. The zero-order valence-electron chi connectivity index (χ0n) is 22.8. The van der Waals surface area contributed by atoms with Crippen molar-refractivity contribution in [3.63, 3.8) is 0 Å². The molecule has 0 aliphatic carbocycles. The molecule has 0 aliphatic heterocycles. The number of alkyl halides is 3. The third-order valence-electron chi connectivity index (χ3n) is 6.89. The topological polar surface area (TPSA) is 110 Å². The number of nitrogens with zero attached hydrogens (tertiary/aromatic N) is 3. The van der Waals surface area contributed by atoms with E-state index in [1.165, 1.54) is 47.2 Å². The maximum atomic E-state index is 14.9. The van der Waals surface area contributed by atoms with E-state index in [1.54, 1.807) is 36.4 Å². The molecular formula is C29H28ClF4N5O2S. The predicted molar refractivity (Wildman–Crippen MR) is 156 cm³/mol. The van der Waals surface area contributed by atoms with Crippen molar-refractivity contribution in [2.75, 3.05) is 11.3 Å². The molecule has 4 aromatic rings. The van der Waals surface area contributed by atoms with Crippen LogP contribution in [0.1, 0.15) is 35.5 Å². The molecule has 0 aliphatic rings. The highest BCUT2D eigenvalue weighted by Gasteiger charge is 2.35. The summed E-state index contributed by atoms with van der Waals surface area (Å²) in [4.78, 5) is 3.79. The number of aliphatic hydroxyl groups is 1. The number of anilines is 1. The number of aliphatic hydroxyl groups excluding tert-OH is 1. The van der Waals surface area contributed by atoms with Gasteiger partial charge in [-0.25, -0.2) is 15.2 Å². The van der Waals surface area contributed by atoms with E-state index >= 15 is 0 Å². The molecule has 1 heterocycles. The summed E-state index contributed by atoms with van der Waals surface area (Å²) in [5, 5.41) is 11.4. The number of hydrogen-bond acceptors (Lipinski definition) is 6. The van der Waals surface area contributed by atoms with Crippen molar-refractivity contribution in [3.8, 4) is 16.8 Å². The number of allylic oxidation sites excluding steroid dienone is 1. The van der Waals surface area contributed by atoms with E-state index in [0.717, 1.165) is 11.8 Å². The molecule has 222 valence electrons. The van der Waals surface area contributed by atoms with Gasteiger partial charge in [-0.3, -0.25) is 9.22 Å². The lowest BCUT2D eigenvalue weighted by Gasteiger charge is -2.29. The van der Waals surface area contributed by atoms with Crippen LogP contribution in [0.4, 0.5) is 23.2 Å². The standard InChI is InChI=1S/C29H28ClF4N5O2S/c1-16(18-4-7-21(30)8-5-18)26(13-35)39(36)25-11-19(20-10-23(31)22(15-40)27(12-20)42(3)41)6-9-24(25)38-14-28(29(32,33)34)37-17(38)2/h4-14,16,40H,15,35-36H2,1-3H3/b26-13-. The lowest BCUT2D eigenvalue weighted by atomic mass is 9.96. The van der Waals surface area contributed by atoms with Gasteiger partial charge in [-0.05, 0) is 60.0 Å². The smallest absolute Gasteiger partial charge is 0.403 e. The molecule has 0 bridgehead atoms. The second-order valence-electron chi connectivity index (χ2n) is 9.53. The second-order valence-corrected chi connectivity index (χ2v) is 11.3. The van der Waals surface area contributed by atoms with Gasteiger partial charge in [0.25, 0.3) is 0 Å². The van der Waals surface area contributed by atoms with Crippen LogP contribution in [-0.2, 0) is 23.6 Å². The van der Waals surface area contributed by atoms with E-state index in [0.29, 0.717) is 21.8 Å². The molecule has 0 saturated carbocycles. The van der Waals surface area contributed by atoms with E-state index in [-0.39, 0.29) is 33.6 Å².